The molecule has 0 spiro atoms. The number of aromatic nitrogens is 1. The van der Waals surface area contributed by atoms with Crippen molar-refractivity contribution >= 4 is 18.3 Å². The van der Waals surface area contributed by atoms with Crippen LogP contribution in [0.3, 0.4) is 0 Å². The van der Waals surface area contributed by atoms with Gasteiger partial charge in [0.05, 0.1) is 0 Å². The minimum Gasteiger partial charge on any atom is -0.337 e. The fourth-order valence-corrected chi connectivity index (χ4v) is 3.28. The summed E-state index contributed by atoms with van der Waals surface area (Å²) >= 11 is 0. The average Bonchev–Trinajstić information content (AvgIpc) is 2.94. The van der Waals surface area contributed by atoms with E-state index in [1.807, 2.05) is 41.3 Å². The number of rotatable bonds is 3. The van der Waals surface area contributed by atoms with Gasteiger partial charge in [-0.1, -0.05) is 12.1 Å². The second-order valence-electron chi connectivity index (χ2n) is 6.90. The molecule has 1 aliphatic heterocycles. The van der Waals surface area contributed by atoms with Crippen molar-refractivity contribution < 1.29 is 4.79 Å². The van der Waals surface area contributed by atoms with Crippen LogP contribution in [0.15, 0.2) is 42.6 Å². The smallest absolute Gasteiger partial charge is 0.253 e. The number of hydrogen-bond acceptors (Lipinski definition) is 4. The number of halogens is 1. The van der Waals surface area contributed by atoms with Crippen LogP contribution in [-0.4, -0.2) is 52.9 Å². The Kier molecular flexibility index (Phi) is 7.35. The zero-order valence-corrected chi connectivity index (χ0v) is 16.6. The third-order valence-electron chi connectivity index (χ3n) is 4.89. The van der Waals surface area contributed by atoms with Gasteiger partial charge in [0.2, 0.25) is 0 Å². The van der Waals surface area contributed by atoms with Crippen LogP contribution in [0.4, 0.5) is 0 Å². The van der Waals surface area contributed by atoms with Gasteiger partial charge < -0.3 is 4.90 Å². The molecule has 1 aliphatic rings. The molecule has 1 saturated heterocycles. The van der Waals surface area contributed by atoms with E-state index in [1.54, 1.807) is 12.3 Å². The highest BCUT2D eigenvalue weighted by Gasteiger charge is 2.21. The summed E-state index contributed by atoms with van der Waals surface area (Å²) in [6, 6.07) is 13.7. The van der Waals surface area contributed by atoms with Crippen molar-refractivity contribution in [3.8, 4) is 17.2 Å². The molecule has 0 unspecified atom stereocenters. The first kappa shape index (κ1) is 20.9. The van der Waals surface area contributed by atoms with Crippen molar-refractivity contribution in [1.82, 2.24) is 14.8 Å². The first-order valence-corrected chi connectivity index (χ1v) is 9.08. The molecule has 142 valence electrons. The maximum atomic E-state index is 12.8. The van der Waals surface area contributed by atoms with Gasteiger partial charge >= 0.3 is 0 Å². The lowest BCUT2D eigenvalue weighted by Crippen LogP contribution is -2.37. The molecule has 0 bridgehead atoms. The minimum absolute atomic E-state index is 0. The lowest BCUT2D eigenvalue weighted by molar-refractivity contribution is 0.0759. The second kappa shape index (κ2) is 9.50. The molecule has 2 heterocycles. The van der Waals surface area contributed by atoms with Crippen LogP contribution in [0.25, 0.3) is 11.1 Å². The first-order chi connectivity index (χ1) is 12.6. The van der Waals surface area contributed by atoms with Crippen LogP contribution < -0.4 is 0 Å². The van der Waals surface area contributed by atoms with Crippen molar-refractivity contribution in [2.75, 3.05) is 26.2 Å². The largest absolute Gasteiger partial charge is 0.337 e. The van der Waals surface area contributed by atoms with Crippen LogP contribution in [0, 0.1) is 11.3 Å². The van der Waals surface area contributed by atoms with E-state index >= 15 is 0 Å². The zero-order chi connectivity index (χ0) is 18.5. The molecule has 6 heteroatoms. The summed E-state index contributed by atoms with van der Waals surface area (Å²) < 4.78 is 0. The number of carbonyl (C=O) groups excluding carboxylic acids is 1. The number of nitrogens with zero attached hydrogens (tertiary/aromatic N) is 4. The van der Waals surface area contributed by atoms with E-state index < -0.39 is 0 Å². The summed E-state index contributed by atoms with van der Waals surface area (Å²) in [6.45, 7) is 7.97. The van der Waals surface area contributed by atoms with Crippen LogP contribution in [-0.2, 0) is 0 Å². The van der Waals surface area contributed by atoms with Gasteiger partial charge in [-0.3, -0.25) is 9.69 Å². The van der Waals surface area contributed by atoms with Gasteiger partial charge in [0.1, 0.15) is 11.8 Å². The Morgan fingerprint density at radius 1 is 1.04 bits per heavy atom. The molecule has 1 aromatic heterocycles. The summed E-state index contributed by atoms with van der Waals surface area (Å²) in [5.74, 6) is 0.0973. The highest BCUT2D eigenvalue weighted by atomic mass is 35.5. The predicted octanol–water partition coefficient (Wildman–Crippen LogP) is 3.60. The van der Waals surface area contributed by atoms with Crippen LogP contribution in [0.1, 0.15) is 36.3 Å². The van der Waals surface area contributed by atoms with Crippen molar-refractivity contribution in [1.29, 1.82) is 5.26 Å². The Morgan fingerprint density at radius 3 is 2.33 bits per heavy atom. The van der Waals surface area contributed by atoms with Gasteiger partial charge in [-0.25, -0.2) is 4.98 Å². The van der Waals surface area contributed by atoms with Gasteiger partial charge in [-0.2, -0.15) is 5.26 Å². The summed E-state index contributed by atoms with van der Waals surface area (Å²) in [7, 11) is 0. The summed E-state index contributed by atoms with van der Waals surface area (Å²) in [6.07, 6.45) is 2.70. The van der Waals surface area contributed by atoms with Gasteiger partial charge in [0, 0.05) is 49.5 Å². The Bertz CT molecular complexity index is 796. The van der Waals surface area contributed by atoms with Gasteiger partial charge in [-0.05, 0) is 50.1 Å². The topological polar surface area (TPSA) is 60.2 Å². The molecule has 0 atom stereocenters. The summed E-state index contributed by atoms with van der Waals surface area (Å²) in [5.41, 5.74) is 3.04. The number of amides is 1. The SMILES string of the molecule is CC(C)N1CCCN(C(=O)c2ccc(-c3ccc(C#N)nc3)cc2)CC1.Cl. The maximum absolute atomic E-state index is 12.8. The fraction of sp³-hybridized carbons (Fsp3) is 0.381. The molecule has 1 fully saturated rings. The van der Waals surface area contributed by atoms with Crippen molar-refractivity contribution in [3.63, 3.8) is 0 Å². The Labute approximate surface area is 167 Å². The lowest BCUT2D eigenvalue weighted by atomic mass is 10.0. The Hall–Kier alpha value is -2.42. The third kappa shape index (κ3) is 5.06. The van der Waals surface area contributed by atoms with E-state index in [1.165, 1.54) is 0 Å². The number of pyridine rings is 1. The lowest BCUT2D eigenvalue weighted by Gasteiger charge is -2.25. The Balaban J connectivity index is 0.00000261. The fourth-order valence-electron chi connectivity index (χ4n) is 3.28. The minimum atomic E-state index is 0. The molecule has 0 saturated carbocycles. The van der Waals surface area contributed by atoms with E-state index in [0.717, 1.165) is 43.7 Å². The van der Waals surface area contributed by atoms with Crippen LogP contribution in [0.5, 0.6) is 0 Å². The molecule has 3 rings (SSSR count). The van der Waals surface area contributed by atoms with E-state index in [9.17, 15) is 4.79 Å². The van der Waals surface area contributed by atoms with Crippen molar-refractivity contribution in [2.45, 2.75) is 26.3 Å². The van der Waals surface area contributed by atoms with E-state index in [-0.39, 0.29) is 18.3 Å². The molecule has 0 aliphatic carbocycles. The first-order valence-electron chi connectivity index (χ1n) is 9.08. The van der Waals surface area contributed by atoms with Crippen molar-refractivity contribution in [3.05, 3.63) is 53.9 Å². The predicted molar refractivity (Wildman–Crippen MR) is 109 cm³/mol. The van der Waals surface area contributed by atoms with E-state index in [4.69, 9.17) is 5.26 Å². The third-order valence-corrected chi connectivity index (χ3v) is 4.89. The highest BCUT2D eigenvalue weighted by molar-refractivity contribution is 5.94. The molecular formula is C21H25ClN4O. The summed E-state index contributed by atoms with van der Waals surface area (Å²) in [4.78, 5) is 21.3. The highest BCUT2D eigenvalue weighted by Crippen LogP contribution is 2.20. The Morgan fingerprint density at radius 2 is 1.74 bits per heavy atom. The number of carbonyl (C=O) groups is 1. The summed E-state index contributed by atoms with van der Waals surface area (Å²) in [5, 5.41) is 8.83. The molecular weight excluding hydrogens is 360 g/mol. The second-order valence-corrected chi connectivity index (χ2v) is 6.90. The van der Waals surface area contributed by atoms with Crippen LogP contribution >= 0.6 is 12.4 Å². The monoisotopic (exact) mass is 384 g/mol. The van der Waals surface area contributed by atoms with Gasteiger partial charge in [0.25, 0.3) is 5.91 Å². The standard InChI is InChI=1S/C21H24N4O.ClH/c1-16(2)24-10-3-11-25(13-12-24)21(26)18-6-4-17(5-7-18)19-8-9-20(14-22)23-15-19;/h4-9,15-16H,3,10-13H2,1-2H3;1H. The number of nitriles is 1. The molecule has 0 N–H and O–H groups in total. The molecule has 27 heavy (non-hydrogen) atoms. The zero-order valence-electron chi connectivity index (χ0n) is 15.8. The molecule has 1 amide bonds. The number of benzene rings is 1. The maximum Gasteiger partial charge on any atom is 0.253 e. The van der Waals surface area contributed by atoms with E-state index in [2.05, 4.69) is 23.7 Å². The van der Waals surface area contributed by atoms with Crippen molar-refractivity contribution in [2.24, 2.45) is 0 Å². The normalized spacial score (nSPS) is 15.0. The van der Waals surface area contributed by atoms with E-state index in [0.29, 0.717) is 17.3 Å². The molecule has 1 aromatic carbocycles. The number of hydrogen-bond donors (Lipinski definition) is 0. The molecule has 2 aromatic rings. The average molecular weight is 385 g/mol. The van der Waals surface area contributed by atoms with Gasteiger partial charge in [-0.15, -0.1) is 12.4 Å². The molecule has 0 radical (unpaired) electrons. The molecule has 5 nitrogen and oxygen atoms in total. The van der Waals surface area contributed by atoms with Crippen LogP contribution in [0.2, 0.25) is 0 Å². The quantitative estimate of drug-likeness (QED) is 0.811. The van der Waals surface area contributed by atoms with Gasteiger partial charge in [0.15, 0.2) is 0 Å².